The third kappa shape index (κ3) is 19.3. The molecular weight excluding hydrogens is 1010 g/mol. The van der Waals surface area contributed by atoms with Crippen LogP contribution in [0.5, 0.6) is 0 Å². The molecule has 13 aromatic rings. The van der Waals surface area contributed by atoms with E-state index in [2.05, 4.69) is 345 Å². The molecule has 0 amide bonds. The highest BCUT2D eigenvalue weighted by Crippen LogP contribution is 2.29. The maximum atomic E-state index is 2.25. The van der Waals surface area contributed by atoms with Crippen molar-refractivity contribution >= 4 is 0 Å². The second kappa shape index (κ2) is 32.3. The van der Waals surface area contributed by atoms with Crippen molar-refractivity contribution in [1.82, 2.24) is 0 Å². The Kier molecular flexibility index (Phi) is 23.1. The number of hydrogen-bond acceptors (Lipinski definition) is 0. The van der Waals surface area contributed by atoms with Crippen molar-refractivity contribution in [3.05, 3.63) is 385 Å². The Balaban J connectivity index is 0.000000134. The van der Waals surface area contributed by atoms with Gasteiger partial charge in [0.25, 0.3) is 0 Å². The smallest absolute Gasteiger partial charge is 0.0155 e. The van der Waals surface area contributed by atoms with Crippen molar-refractivity contribution in [2.45, 2.75) is 41.5 Å². The normalized spacial score (nSPS) is 10.0. The summed E-state index contributed by atoms with van der Waals surface area (Å²) in [6.45, 7) is 12.7. The van der Waals surface area contributed by atoms with Crippen LogP contribution in [0.25, 0.3) is 77.9 Å². The molecule has 412 valence electrons. The summed E-state index contributed by atoms with van der Waals surface area (Å²) in [7, 11) is 0. The molecule has 84 heavy (non-hydrogen) atoms. The summed E-state index contributed by atoms with van der Waals surface area (Å²) in [5.74, 6) is 0. The van der Waals surface area contributed by atoms with Gasteiger partial charge in [0.05, 0.1) is 0 Å². The predicted molar refractivity (Wildman–Crippen MR) is 365 cm³/mol. The average Bonchev–Trinajstić information content (AvgIpc) is 3.65. The fourth-order valence-electron chi connectivity index (χ4n) is 9.47. The zero-order valence-electron chi connectivity index (χ0n) is 49.5. The van der Waals surface area contributed by atoms with E-state index in [1.165, 1.54) is 111 Å². The molecule has 0 heteroatoms. The van der Waals surface area contributed by atoms with Gasteiger partial charge in [-0.15, -0.1) is 0 Å². The summed E-state index contributed by atoms with van der Waals surface area (Å²) < 4.78 is 0. The Morgan fingerprint density at radius 1 is 0.131 bits per heavy atom. The first-order chi connectivity index (χ1) is 41.1. The quantitative estimate of drug-likeness (QED) is 0.149. The third-order valence-electron chi connectivity index (χ3n) is 14.1. The molecule has 13 aromatic carbocycles. The van der Waals surface area contributed by atoms with Crippen LogP contribution in [-0.2, 0) is 0 Å². The minimum atomic E-state index is 1.26. The Hall–Kier alpha value is -10.1. The molecule has 0 nitrogen and oxygen atoms in total. The van der Waals surface area contributed by atoms with Crippen LogP contribution in [0.3, 0.4) is 0 Å². The highest BCUT2D eigenvalue weighted by atomic mass is 14.1. The molecule has 0 fully saturated rings. The molecule has 0 bridgehead atoms. The lowest BCUT2D eigenvalue weighted by molar-refractivity contribution is 1.46. The van der Waals surface area contributed by atoms with Gasteiger partial charge < -0.3 is 0 Å². The highest BCUT2D eigenvalue weighted by molar-refractivity contribution is 5.75. The van der Waals surface area contributed by atoms with E-state index in [-0.39, 0.29) is 0 Å². The molecule has 0 aliphatic heterocycles. The number of benzene rings is 13. The summed E-state index contributed by atoms with van der Waals surface area (Å²) in [5, 5.41) is 0. The maximum Gasteiger partial charge on any atom is -0.0155 e. The van der Waals surface area contributed by atoms with Crippen LogP contribution >= 0.6 is 0 Å². The molecule has 0 aromatic heterocycles. The molecule has 0 radical (unpaired) electrons. The number of rotatable bonds is 7. The Morgan fingerprint density at radius 3 is 0.679 bits per heavy atom. The zero-order valence-corrected chi connectivity index (χ0v) is 49.5. The summed E-state index contributed by atoms with van der Waals surface area (Å²) in [5.41, 5.74) is 25.7. The molecule has 0 atom stereocenters. The standard InChI is InChI=1S/2C19H16.3C13H12.C7H8/c1-15-7-5-10-17(13-15)19-12-6-11-18(14-19)16-8-3-2-4-9-16;1-15-10-12-17(13-11-15)19-9-5-8-18(14-19)16-6-3-2-4-7-16;1-11-7-5-6-10-13(11)12-8-3-2-4-9-12;1-11-6-5-9-13(10-11)12-7-3-2-4-8-12;1-11-7-9-13(10-8-11)12-5-3-2-4-6-12;1-7-5-3-2-4-6-7/h2*2-14H,1H3;3*2-10H,1H3;2-6H,1H3. The van der Waals surface area contributed by atoms with E-state index < -0.39 is 0 Å². The van der Waals surface area contributed by atoms with E-state index in [0.29, 0.717) is 0 Å². The number of hydrogen-bond donors (Lipinski definition) is 0. The first kappa shape index (κ1) is 60.0. The predicted octanol–water partition coefficient (Wildman–Crippen LogP) is 23.6. The van der Waals surface area contributed by atoms with Crippen molar-refractivity contribution in [3.63, 3.8) is 0 Å². The van der Waals surface area contributed by atoms with Crippen LogP contribution < -0.4 is 0 Å². The molecule has 0 aliphatic rings. The molecular formula is C84H76. The van der Waals surface area contributed by atoms with Gasteiger partial charge in [0.2, 0.25) is 0 Å². The van der Waals surface area contributed by atoms with Crippen LogP contribution in [-0.4, -0.2) is 0 Å². The second-order valence-corrected chi connectivity index (χ2v) is 20.9. The van der Waals surface area contributed by atoms with Gasteiger partial charge in [0, 0.05) is 0 Å². The van der Waals surface area contributed by atoms with Crippen LogP contribution in [0.15, 0.2) is 352 Å². The molecule has 0 unspecified atom stereocenters. The molecule has 0 aliphatic carbocycles. The Bertz CT molecular complexity index is 3940. The van der Waals surface area contributed by atoms with Crippen molar-refractivity contribution < 1.29 is 0 Å². The van der Waals surface area contributed by atoms with E-state index in [1.807, 2.05) is 48.5 Å². The van der Waals surface area contributed by atoms with Gasteiger partial charge in [-0.1, -0.05) is 368 Å². The highest BCUT2D eigenvalue weighted by Gasteiger charge is 2.04. The number of aryl methyl sites for hydroxylation is 6. The fourth-order valence-corrected chi connectivity index (χ4v) is 9.47. The molecule has 0 N–H and O–H groups in total. The van der Waals surface area contributed by atoms with Crippen LogP contribution in [0.4, 0.5) is 0 Å². The van der Waals surface area contributed by atoms with Crippen molar-refractivity contribution in [1.29, 1.82) is 0 Å². The molecule has 0 heterocycles. The van der Waals surface area contributed by atoms with Gasteiger partial charge >= 0.3 is 0 Å². The van der Waals surface area contributed by atoms with Gasteiger partial charge in [-0.05, 0) is 137 Å². The second-order valence-electron chi connectivity index (χ2n) is 20.9. The summed E-state index contributed by atoms with van der Waals surface area (Å²) in [6.07, 6.45) is 0. The maximum absolute atomic E-state index is 2.25. The molecule has 0 saturated carbocycles. The average molecular weight is 1090 g/mol. The minimum absolute atomic E-state index is 1.26. The zero-order chi connectivity index (χ0) is 58.6. The topological polar surface area (TPSA) is 0 Å². The summed E-state index contributed by atoms with van der Waals surface area (Å²) in [4.78, 5) is 0. The third-order valence-corrected chi connectivity index (χ3v) is 14.1. The van der Waals surface area contributed by atoms with Crippen LogP contribution in [0, 0.1) is 41.5 Å². The Labute approximate surface area is 501 Å². The first-order valence-corrected chi connectivity index (χ1v) is 29.0. The van der Waals surface area contributed by atoms with E-state index in [0.717, 1.165) is 0 Å². The molecule has 13 rings (SSSR count). The molecule has 0 spiro atoms. The van der Waals surface area contributed by atoms with Crippen molar-refractivity contribution in [2.24, 2.45) is 0 Å². The van der Waals surface area contributed by atoms with E-state index >= 15 is 0 Å². The first-order valence-electron chi connectivity index (χ1n) is 29.0. The largest absolute Gasteiger partial charge is 0.0622 e. The Morgan fingerprint density at radius 2 is 0.345 bits per heavy atom. The van der Waals surface area contributed by atoms with Crippen LogP contribution in [0.2, 0.25) is 0 Å². The van der Waals surface area contributed by atoms with E-state index in [9.17, 15) is 0 Å². The van der Waals surface area contributed by atoms with Crippen molar-refractivity contribution in [3.8, 4) is 77.9 Å². The lowest BCUT2D eigenvalue weighted by Crippen LogP contribution is -1.82. The van der Waals surface area contributed by atoms with Gasteiger partial charge in [0.1, 0.15) is 0 Å². The van der Waals surface area contributed by atoms with Gasteiger partial charge in [-0.25, -0.2) is 0 Å². The van der Waals surface area contributed by atoms with E-state index in [1.54, 1.807) is 0 Å². The lowest BCUT2D eigenvalue weighted by Gasteiger charge is -2.06. The van der Waals surface area contributed by atoms with Gasteiger partial charge in [-0.3, -0.25) is 0 Å². The monoisotopic (exact) mass is 1080 g/mol. The SMILES string of the molecule is Cc1ccc(-c2cccc(-c3ccccc3)c2)cc1.Cc1ccc(-c2ccccc2)cc1.Cc1cccc(-c2cccc(-c3ccccc3)c2)c1.Cc1cccc(-c2ccccc2)c1.Cc1ccccc1.Cc1ccccc1-c1ccccc1. The fraction of sp³-hybridized carbons (Fsp3) is 0.0714. The van der Waals surface area contributed by atoms with Gasteiger partial charge in [0.15, 0.2) is 0 Å². The van der Waals surface area contributed by atoms with E-state index in [4.69, 9.17) is 0 Å². The van der Waals surface area contributed by atoms with Crippen LogP contribution in [0.1, 0.15) is 33.4 Å². The van der Waals surface area contributed by atoms with Crippen molar-refractivity contribution in [2.75, 3.05) is 0 Å². The summed E-state index contributed by atoms with van der Waals surface area (Å²) in [6, 6.07) is 123. The van der Waals surface area contributed by atoms with Gasteiger partial charge in [-0.2, -0.15) is 0 Å². The lowest BCUT2D eigenvalue weighted by atomic mass is 9.98. The minimum Gasteiger partial charge on any atom is -0.0622 e. The summed E-state index contributed by atoms with van der Waals surface area (Å²) >= 11 is 0. The molecule has 0 saturated heterocycles.